The van der Waals surface area contributed by atoms with E-state index in [1.807, 2.05) is 24.3 Å². The maximum Gasteiger partial charge on any atom is 0.315 e. The van der Waals surface area contributed by atoms with Crippen LogP contribution >= 0.6 is 15.9 Å². The van der Waals surface area contributed by atoms with Gasteiger partial charge in [-0.3, -0.25) is 0 Å². The average molecular weight is 351 g/mol. The third-order valence-electron chi connectivity index (χ3n) is 2.95. The first-order valence-corrected chi connectivity index (χ1v) is 7.43. The fourth-order valence-electron chi connectivity index (χ4n) is 1.86. The molecule has 3 nitrogen and oxygen atoms in total. The van der Waals surface area contributed by atoms with Crippen LogP contribution in [0.1, 0.15) is 11.1 Å². The van der Waals surface area contributed by atoms with Gasteiger partial charge in [0.05, 0.1) is 0 Å². The topological polar surface area (TPSA) is 41.1 Å². The number of urea groups is 1. The molecule has 0 saturated heterocycles. The molecule has 2 aromatic carbocycles. The van der Waals surface area contributed by atoms with Crippen molar-refractivity contribution in [2.45, 2.75) is 13.0 Å². The molecular weight excluding hydrogens is 335 g/mol. The Labute approximate surface area is 131 Å². The van der Waals surface area contributed by atoms with Gasteiger partial charge >= 0.3 is 6.03 Å². The molecule has 2 aromatic rings. The van der Waals surface area contributed by atoms with Crippen LogP contribution in [-0.4, -0.2) is 12.6 Å². The number of carbonyl (C=O) groups excluding carboxylic acids is 1. The second-order valence-corrected chi connectivity index (χ2v) is 5.53. The lowest BCUT2D eigenvalue weighted by molar-refractivity contribution is 0.240. The lowest BCUT2D eigenvalue weighted by atomic mass is 10.1. The van der Waals surface area contributed by atoms with Gasteiger partial charge in [-0.2, -0.15) is 0 Å². The Morgan fingerprint density at radius 1 is 1.05 bits per heavy atom. The smallest absolute Gasteiger partial charge is 0.315 e. The highest BCUT2D eigenvalue weighted by atomic mass is 79.9. The van der Waals surface area contributed by atoms with Gasteiger partial charge in [-0.1, -0.05) is 40.2 Å². The summed E-state index contributed by atoms with van der Waals surface area (Å²) in [6.07, 6.45) is 0.765. The summed E-state index contributed by atoms with van der Waals surface area (Å²) in [5, 5.41) is 5.47. The van der Waals surface area contributed by atoms with E-state index in [9.17, 15) is 9.18 Å². The summed E-state index contributed by atoms with van der Waals surface area (Å²) in [4.78, 5) is 11.6. The molecule has 0 radical (unpaired) electrons. The third-order valence-corrected chi connectivity index (χ3v) is 3.48. The van der Waals surface area contributed by atoms with Crippen LogP contribution in [0.3, 0.4) is 0 Å². The average Bonchev–Trinajstić information content (AvgIpc) is 2.47. The summed E-state index contributed by atoms with van der Waals surface area (Å²) >= 11 is 3.38. The minimum Gasteiger partial charge on any atom is -0.338 e. The number of rotatable bonds is 5. The van der Waals surface area contributed by atoms with E-state index in [4.69, 9.17) is 0 Å². The van der Waals surface area contributed by atoms with Gasteiger partial charge in [-0.15, -0.1) is 0 Å². The zero-order valence-corrected chi connectivity index (χ0v) is 13.0. The minimum absolute atomic E-state index is 0.253. The van der Waals surface area contributed by atoms with Crippen LogP contribution in [0.25, 0.3) is 0 Å². The Bertz CT molecular complexity index is 601. The summed E-state index contributed by atoms with van der Waals surface area (Å²) < 4.78 is 14.0. The molecule has 0 aliphatic heterocycles. The SMILES string of the molecule is O=C(NCCc1ccc(Br)cc1)NCc1cccc(F)c1. The number of halogens is 2. The first-order chi connectivity index (χ1) is 10.1. The number of benzene rings is 2. The Morgan fingerprint density at radius 2 is 1.81 bits per heavy atom. The molecule has 0 heterocycles. The van der Waals surface area contributed by atoms with Gasteiger partial charge in [-0.25, -0.2) is 9.18 Å². The van der Waals surface area contributed by atoms with Crippen molar-refractivity contribution >= 4 is 22.0 Å². The molecule has 0 fully saturated rings. The van der Waals surface area contributed by atoms with Gasteiger partial charge in [0, 0.05) is 17.6 Å². The summed E-state index contributed by atoms with van der Waals surface area (Å²) in [7, 11) is 0. The predicted molar refractivity (Wildman–Crippen MR) is 84.5 cm³/mol. The van der Waals surface area contributed by atoms with Gasteiger partial charge in [0.25, 0.3) is 0 Å². The molecule has 21 heavy (non-hydrogen) atoms. The van der Waals surface area contributed by atoms with Crippen LogP contribution in [0, 0.1) is 5.82 Å². The van der Waals surface area contributed by atoms with Crippen LogP contribution in [0.15, 0.2) is 53.0 Å². The van der Waals surface area contributed by atoms with Crippen molar-refractivity contribution in [3.8, 4) is 0 Å². The van der Waals surface area contributed by atoms with Crippen LogP contribution in [-0.2, 0) is 13.0 Å². The van der Waals surface area contributed by atoms with Gasteiger partial charge in [0.15, 0.2) is 0 Å². The van der Waals surface area contributed by atoms with Crippen molar-refractivity contribution in [3.63, 3.8) is 0 Å². The van der Waals surface area contributed by atoms with Crippen LogP contribution in [0.5, 0.6) is 0 Å². The Balaban J connectivity index is 1.69. The highest BCUT2D eigenvalue weighted by molar-refractivity contribution is 9.10. The van der Waals surface area contributed by atoms with E-state index in [1.165, 1.54) is 12.1 Å². The first-order valence-electron chi connectivity index (χ1n) is 6.64. The molecule has 0 unspecified atom stereocenters. The molecule has 0 aliphatic carbocycles. The van der Waals surface area contributed by atoms with Crippen molar-refractivity contribution in [3.05, 3.63) is 69.9 Å². The molecule has 0 atom stereocenters. The van der Waals surface area contributed by atoms with Crippen molar-refractivity contribution in [1.29, 1.82) is 0 Å². The zero-order chi connectivity index (χ0) is 15.1. The summed E-state index contributed by atoms with van der Waals surface area (Å²) in [6.45, 7) is 0.860. The van der Waals surface area contributed by atoms with E-state index >= 15 is 0 Å². The fraction of sp³-hybridized carbons (Fsp3) is 0.188. The number of nitrogens with one attached hydrogen (secondary N) is 2. The lowest BCUT2D eigenvalue weighted by Gasteiger charge is -2.08. The second kappa shape index (κ2) is 7.78. The van der Waals surface area contributed by atoms with E-state index in [-0.39, 0.29) is 11.8 Å². The van der Waals surface area contributed by atoms with E-state index < -0.39 is 0 Å². The summed E-state index contributed by atoms with van der Waals surface area (Å²) in [5.41, 5.74) is 1.89. The third kappa shape index (κ3) is 5.55. The highest BCUT2D eigenvalue weighted by Crippen LogP contribution is 2.10. The molecule has 2 amide bonds. The highest BCUT2D eigenvalue weighted by Gasteiger charge is 2.01. The van der Waals surface area contributed by atoms with Crippen molar-refractivity contribution in [1.82, 2.24) is 10.6 Å². The normalized spacial score (nSPS) is 10.2. The molecule has 0 aromatic heterocycles. The van der Waals surface area contributed by atoms with E-state index in [2.05, 4.69) is 26.6 Å². The van der Waals surface area contributed by atoms with Crippen LogP contribution in [0.4, 0.5) is 9.18 Å². The van der Waals surface area contributed by atoms with E-state index in [0.717, 1.165) is 22.0 Å². The standard InChI is InChI=1S/C16H16BrFN2O/c17-14-6-4-12(5-7-14)8-9-19-16(21)20-11-13-2-1-3-15(18)10-13/h1-7,10H,8-9,11H2,(H2,19,20,21). The lowest BCUT2D eigenvalue weighted by Crippen LogP contribution is -2.36. The predicted octanol–water partition coefficient (Wildman–Crippen LogP) is 3.63. The van der Waals surface area contributed by atoms with Crippen molar-refractivity contribution < 1.29 is 9.18 Å². The molecule has 110 valence electrons. The number of amides is 2. The van der Waals surface area contributed by atoms with Gasteiger partial charge in [0.2, 0.25) is 0 Å². The monoisotopic (exact) mass is 350 g/mol. The van der Waals surface area contributed by atoms with Crippen LogP contribution < -0.4 is 10.6 Å². The number of hydrogen-bond donors (Lipinski definition) is 2. The number of hydrogen-bond acceptors (Lipinski definition) is 1. The maximum absolute atomic E-state index is 13.0. The zero-order valence-electron chi connectivity index (χ0n) is 11.4. The second-order valence-electron chi connectivity index (χ2n) is 4.62. The Hall–Kier alpha value is -1.88. The van der Waals surface area contributed by atoms with Gasteiger partial charge in [-0.05, 0) is 41.8 Å². The maximum atomic E-state index is 13.0. The molecule has 5 heteroatoms. The van der Waals surface area contributed by atoms with Crippen molar-refractivity contribution in [2.75, 3.05) is 6.54 Å². The quantitative estimate of drug-likeness (QED) is 0.849. The molecule has 0 bridgehead atoms. The molecule has 2 rings (SSSR count). The summed E-state index contributed by atoms with van der Waals surface area (Å²) in [6, 6.07) is 13.9. The molecule has 0 spiro atoms. The largest absolute Gasteiger partial charge is 0.338 e. The van der Waals surface area contributed by atoms with Gasteiger partial charge in [0.1, 0.15) is 5.82 Å². The minimum atomic E-state index is -0.301. The summed E-state index contributed by atoms with van der Waals surface area (Å²) in [5.74, 6) is -0.301. The molecular formula is C16H16BrFN2O. The molecule has 0 saturated carbocycles. The van der Waals surface area contributed by atoms with Crippen LogP contribution in [0.2, 0.25) is 0 Å². The first kappa shape index (κ1) is 15.5. The fourth-order valence-corrected chi connectivity index (χ4v) is 2.13. The Kier molecular flexibility index (Phi) is 5.75. The molecule has 2 N–H and O–H groups in total. The van der Waals surface area contributed by atoms with Crippen molar-refractivity contribution in [2.24, 2.45) is 0 Å². The van der Waals surface area contributed by atoms with Gasteiger partial charge < -0.3 is 10.6 Å². The molecule has 0 aliphatic rings. The van der Waals surface area contributed by atoms with E-state index in [0.29, 0.717) is 13.1 Å². The Morgan fingerprint density at radius 3 is 2.52 bits per heavy atom. The number of carbonyl (C=O) groups is 1. The van der Waals surface area contributed by atoms with E-state index in [1.54, 1.807) is 12.1 Å².